The van der Waals surface area contributed by atoms with E-state index in [1.807, 2.05) is 25.1 Å². The van der Waals surface area contributed by atoms with E-state index in [4.69, 9.17) is 62.4 Å². The molecule has 0 saturated heterocycles. The highest BCUT2D eigenvalue weighted by molar-refractivity contribution is 6.14. The number of benzene rings is 1. The van der Waals surface area contributed by atoms with Crippen LogP contribution in [0.2, 0.25) is 0 Å². The number of nitrogens with zero attached hydrogens (tertiary/aromatic N) is 6. The number of ether oxygens (including phenoxy) is 10. The maximum absolute atomic E-state index is 13.6. The van der Waals surface area contributed by atoms with Crippen LogP contribution in [-0.4, -0.2) is 232 Å². The molecule has 2 aliphatic heterocycles. The first kappa shape index (κ1) is 63.2. The third-order valence-corrected chi connectivity index (χ3v) is 10.8. The smallest absolute Gasteiger partial charge is 0.295 e. The Morgan fingerprint density at radius 1 is 0.658 bits per heavy atom. The lowest BCUT2D eigenvalue weighted by molar-refractivity contribution is -0.180. The molecule has 0 atom stereocenters. The van der Waals surface area contributed by atoms with Crippen molar-refractivity contribution in [2.45, 2.75) is 19.8 Å². The van der Waals surface area contributed by atoms with Gasteiger partial charge in [-0.3, -0.25) is 33.7 Å². The number of amidine groups is 1. The van der Waals surface area contributed by atoms with Crippen molar-refractivity contribution in [2.24, 2.45) is 10.7 Å². The summed E-state index contributed by atoms with van der Waals surface area (Å²) < 4.78 is 60.3. The van der Waals surface area contributed by atoms with Gasteiger partial charge in [-0.25, -0.2) is 20.0 Å². The molecule has 5 N–H and O–H groups in total. The highest BCUT2D eigenvalue weighted by atomic mass is 16.7. The van der Waals surface area contributed by atoms with Gasteiger partial charge >= 0.3 is 0 Å². The molecule has 0 unspecified atom stereocenters. The first-order valence-corrected chi connectivity index (χ1v) is 26.1. The average Bonchev–Trinajstić information content (AvgIpc) is 4.04. The zero-order valence-electron chi connectivity index (χ0n) is 44.8. The van der Waals surface area contributed by atoms with Crippen molar-refractivity contribution in [2.75, 3.05) is 177 Å². The number of imide groups is 1. The van der Waals surface area contributed by atoms with Crippen molar-refractivity contribution in [1.29, 1.82) is 0 Å². The summed E-state index contributed by atoms with van der Waals surface area (Å²) in [7, 11) is 0. The van der Waals surface area contributed by atoms with Crippen LogP contribution in [0.3, 0.4) is 0 Å². The van der Waals surface area contributed by atoms with E-state index in [0.717, 1.165) is 33.7 Å². The van der Waals surface area contributed by atoms with Gasteiger partial charge in [0.15, 0.2) is 5.69 Å². The molecule has 5 amide bonds. The van der Waals surface area contributed by atoms with Gasteiger partial charge in [0.25, 0.3) is 29.6 Å². The minimum absolute atomic E-state index is 0.0928. The van der Waals surface area contributed by atoms with Gasteiger partial charge in [-0.1, -0.05) is 19.1 Å². The molecule has 0 spiro atoms. The molecule has 0 fully saturated rings. The highest BCUT2D eigenvalue weighted by Crippen LogP contribution is 2.31. The van der Waals surface area contributed by atoms with Crippen LogP contribution >= 0.6 is 0 Å². The summed E-state index contributed by atoms with van der Waals surface area (Å²) in [4.78, 5) is 84.7. The maximum atomic E-state index is 13.6. The Morgan fingerprint density at radius 2 is 1.16 bits per heavy atom. The minimum Gasteiger partial charge on any atom is -0.431 e. The van der Waals surface area contributed by atoms with E-state index in [0.29, 0.717) is 149 Å². The molecule has 2 aliphatic rings. The second-order valence-electron chi connectivity index (χ2n) is 16.9. The fourth-order valence-electron chi connectivity index (χ4n) is 6.97. The number of amides is 5. The Hall–Kier alpha value is -6.63. The monoisotopic (exact) mass is 1110 g/mol. The summed E-state index contributed by atoms with van der Waals surface area (Å²) in [5, 5.41) is 9.60. The SMILES string of the molecule is CCCN(OCCNc1nc(C(=O)NCCOCCOCCOCCOCCOCCOCCOCCOCCOCCOCCNC(=O)CN2C(=O)C=CC2=O)co1)C(=O)C1=Cc2ccc(-c3cncnc3)cc2N=C(N)C1. The molecule has 27 heteroatoms. The van der Waals surface area contributed by atoms with Crippen molar-refractivity contribution >= 4 is 53.1 Å². The Balaban J connectivity index is 0.731. The molecule has 0 bridgehead atoms. The summed E-state index contributed by atoms with van der Waals surface area (Å²) in [5.74, 6) is -1.88. The largest absolute Gasteiger partial charge is 0.431 e. The van der Waals surface area contributed by atoms with Gasteiger partial charge in [-0.15, -0.1) is 0 Å². The average molecular weight is 1110 g/mol. The van der Waals surface area contributed by atoms with Crippen molar-refractivity contribution in [1.82, 2.24) is 35.5 Å². The molecule has 0 radical (unpaired) electrons. The minimum atomic E-state index is -0.501. The molecule has 5 rings (SSSR count). The zero-order chi connectivity index (χ0) is 56.0. The summed E-state index contributed by atoms with van der Waals surface area (Å²) >= 11 is 0. The number of fused-ring (bicyclic) bond motifs is 1. The van der Waals surface area contributed by atoms with Gasteiger partial charge in [-0.05, 0) is 24.1 Å². The first-order chi connectivity index (χ1) is 38.7. The number of carbonyl (C=O) groups excluding carboxylic acids is 5. The Bertz CT molecular complexity index is 2360. The Labute approximate surface area is 458 Å². The van der Waals surface area contributed by atoms with Crippen molar-refractivity contribution in [3.8, 4) is 11.1 Å². The van der Waals surface area contributed by atoms with Crippen molar-refractivity contribution in [3.05, 3.63) is 72.2 Å². The third kappa shape index (κ3) is 25.8. The van der Waals surface area contributed by atoms with Crippen LogP contribution in [0.15, 0.2) is 70.3 Å². The number of aliphatic imine (C=N–C) groups is 1. The van der Waals surface area contributed by atoms with Gasteiger partial charge in [0.05, 0.1) is 144 Å². The number of carbonyl (C=O) groups is 5. The number of hydrogen-bond donors (Lipinski definition) is 4. The van der Waals surface area contributed by atoms with E-state index in [2.05, 4.69) is 35.9 Å². The van der Waals surface area contributed by atoms with Crippen molar-refractivity contribution < 1.29 is 80.6 Å². The maximum Gasteiger partial charge on any atom is 0.295 e. The van der Waals surface area contributed by atoms with Gasteiger partial charge in [0.1, 0.15) is 25.0 Å². The Kier molecular flexibility index (Phi) is 31.1. The second kappa shape index (κ2) is 38.9. The van der Waals surface area contributed by atoms with Crippen LogP contribution in [0.25, 0.3) is 17.2 Å². The number of hydroxylamine groups is 2. The second-order valence-corrected chi connectivity index (χ2v) is 16.9. The topological polar surface area (TPSA) is 320 Å². The number of nitrogens with two attached hydrogens (primary N) is 1. The number of anilines is 1. The third-order valence-electron chi connectivity index (χ3n) is 10.8. The van der Waals surface area contributed by atoms with E-state index in [-0.39, 0.29) is 70.0 Å². The lowest BCUT2D eigenvalue weighted by Crippen LogP contribution is -2.41. The molecule has 3 aromatic rings. The van der Waals surface area contributed by atoms with Crippen LogP contribution in [0.1, 0.15) is 35.8 Å². The van der Waals surface area contributed by atoms with Gasteiger partial charge < -0.3 is 73.5 Å². The quantitative estimate of drug-likeness (QED) is 0.0350. The summed E-state index contributed by atoms with van der Waals surface area (Å²) in [6, 6.07) is 5.82. The number of oxazole rings is 1. The molecule has 4 heterocycles. The van der Waals surface area contributed by atoms with Crippen LogP contribution in [0.4, 0.5) is 11.7 Å². The Morgan fingerprint density at radius 3 is 1.68 bits per heavy atom. The summed E-state index contributed by atoms with van der Waals surface area (Å²) in [5.41, 5.74) is 9.89. The summed E-state index contributed by atoms with van der Waals surface area (Å²) in [6.45, 7) is 10.8. The number of hydrogen-bond acceptors (Lipinski definition) is 23. The predicted octanol–water partition coefficient (Wildman–Crippen LogP) is 1.13. The van der Waals surface area contributed by atoms with E-state index in [1.54, 1.807) is 18.5 Å². The lowest BCUT2D eigenvalue weighted by atomic mass is 10.0. The molecule has 0 aliphatic carbocycles. The molecular formula is C52H74N10O17. The number of rotatable bonds is 45. The molecule has 434 valence electrons. The lowest BCUT2D eigenvalue weighted by Gasteiger charge is -2.22. The molecule has 27 nitrogen and oxygen atoms in total. The standard InChI is InChI=1S/C52H74N10O17/c1-2-10-62(51(67)42-32-41-4-3-40(43-35-54-39-55-36-43)33-44(41)59-46(53)34-42)79-13-9-58-52-60-45(38-78-52)50(66)57-8-12-69-15-17-71-19-21-73-23-25-75-27-29-77-31-30-76-28-26-74-24-22-72-20-18-70-16-14-68-11-7-56-47(63)37-61-48(64)5-6-49(61)65/h3-6,32-33,35-36,38-39H,2,7-31,34,37H2,1H3,(H2,53,59)(H,56,63)(H,57,66)(H,58,60). The fraction of sp³-hybridized carbons (Fsp3) is 0.558. The van der Waals surface area contributed by atoms with Crippen LogP contribution in [0.5, 0.6) is 0 Å². The molecule has 79 heavy (non-hydrogen) atoms. The normalized spacial score (nSPS) is 13.1. The van der Waals surface area contributed by atoms with E-state index in [1.165, 1.54) is 17.7 Å². The predicted molar refractivity (Wildman–Crippen MR) is 284 cm³/mol. The fourth-order valence-corrected chi connectivity index (χ4v) is 6.97. The van der Waals surface area contributed by atoms with Gasteiger partial charge in [0.2, 0.25) is 5.91 Å². The number of aromatic nitrogens is 3. The highest BCUT2D eigenvalue weighted by Gasteiger charge is 2.26. The zero-order valence-corrected chi connectivity index (χ0v) is 44.8. The number of nitrogens with one attached hydrogen (secondary N) is 3. The molecule has 0 saturated carbocycles. The summed E-state index contributed by atoms with van der Waals surface area (Å²) in [6.07, 6.45) is 11.0. The van der Waals surface area contributed by atoms with Gasteiger partial charge in [-0.2, -0.15) is 4.98 Å². The van der Waals surface area contributed by atoms with Crippen molar-refractivity contribution in [3.63, 3.8) is 0 Å². The van der Waals surface area contributed by atoms with E-state index in [9.17, 15) is 24.0 Å². The molecule has 2 aromatic heterocycles. The van der Waals surface area contributed by atoms with Crippen LogP contribution < -0.4 is 21.7 Å². The van der Waals surface area contributed by atoms with E-state index >= 15 is 0 Å². The van der Waals surface area contributed by atoms with Crippen LogP contribution in [-0.2, 0) is 71.4 Å². The van der Waals surface area contributed by atoms with Crippen LogP contribution in [0, 0.1) is 0 Å². The molecule has 1 aromatic carbocycles. The van der Waals surface area contributed by atoms with Gasteiger partial charge in [0, 0.05) is 73.8 Å². The first-order valence-electron chi connectivity index (χ1n) is 26.1. The van der Waals surface area contributed by atoms with E-state index < -0.39 is 23.6 Å². The molecular weight excluding hydrogens is 1040 g/mol.